The minimum Gasteiger partial charge on any atom is -0.478 e. The number of hydrogen-bond donors (Lipinski definition) is 1. The molecule has 8 nitrogen and oxygen atoms in total. The van der Waals surface area contributed by atoms with Crippen LogP contribution in [0.4, 0.5) is 0 Å². The molecule has 1 aliphatic heterocycles. The fourth-order valence-corrected chi connectivity index (χ4v) is 3.82. The van der Waals surface area contributed by atoms with Crippen molar-refractivity contribution >= 4 is 11.9 Å². The highest BCUT2D eigenvalue weighted by molar-refractivity contribution is 5.99. The largest absolute Gasteiger partial charge is 0.478 e. The van der Waals surface area contributed by atoms with Crippen molar-refractivity contribution in [3.8, 4) is 22.8 Å². The Morgan fingerprint density at radius 2 is 1.79 bits per heavy atom. The maximum Gasteiger partial charge on any atom is 0.339 e. The van der Waals surface area contributed by atoms with Gasteiger partial charge in [-0.15, -0.1) is 0 Å². The van der Waals surface area contributed by atoms with Gasteiger partial charge in [-0.1, -0.05) is 30.3 Å². The van der Waals surface area contributed by atoms with Crippen molar-refractivity contribution in [2.75, 3.05) is 20.0 Å². The Morgan fingerprint density at radius 3 is 2.48 bits per heavy atom. The van der Waals surface area contributed by atoms with E-state index in [-0.39, 0.29) is 19.0 Å². The fraction of sp³-hybridized carbons (Fsp3) is 0.280. The lowest BCUT2D eigenvalue weighted by Gasteiger charge is -2.15. The number of carbonyl (C=O) groups excluding carboxylic acids is 1. The SMILES string of the molecule is CCOC(=O)c1cc(-c2cc3c(cc2C(=O)O)OCO3)n(CCOCc2ccccc2)c1C. The lowest BCUT2D eigenvalue weighted by molar-refractivity contribution is 0.0524. The average molecular weight is 451 g/mol. The number of hydrogen-bond acceptors (Lipinski definition) is 6. The van der Waals surface area contributed by atoms with Crippen LogP contribution in [0, 0.1) is 6.92 Å². The van der Waals surface area contributed by atoms with Gasteiger partial charge in [-0.2, -0.15) is 0 Å². The number of esters is 1. The van der Waals surface area contributed by atoms with Gasteiger partial charge in [0.25, 0.3) is 0 Å². The molecule has 1 aromatic heterocycles. The number of rotatable bonds is 9. The molecule has 1 aliphatic rings. The molecule has 2 heterocycles. The standard InChI is InChI=1S/C25H25NO7/c1-3-31-25(29)18-11-21(19-12-22-23(33-15-32-22)13-20(19)24(27)28)26(16(18)2)9-10-30-14-17-7-5-4-6-8-17/h4-8,11-13H,3,9-10,14-15H2,1-2H3,(H,27,28). The van der Waals surface area contributed by atoms with Gasteiger partial charge in [-0.25, -0.2) is 9.59 Å². The Hall–Kier alpha value is -3.78. The Balaban J connectivity index is 1.69. The summed E-state index contributed by atoms with van der Waals surface area (Å²) in [7, 11) is 0. The van der Waals surface area contributed by atoms with Crippen LogP contribution in [-0.2, 0) is 22.6 Å². The van der Waals surface area contributed by atoms with E-state index in [2.05, 4.69) is 0 Å². The second-order valence-electron chi connectivity index (χ2n) is 7.50. The first-order chi connectivity index (χ1) is 16.0. The summed E-state index contributed by atoms with van der Waals surface area (Å²) in [4.78, 5) is 24.6. The molecule has 0 saturated heterocycles. The van der Waals surface area contributed by atoms with Crippen molar-refractivity contribution in [2.24, 2.45) is 0 Å². The van der Waals surface area contributed by atoms with Crippen LogP contribution in [0.3, 0.4) is 0 Å². The van der Waals surface area contributed by atoms with Gasteiger partial charge in [-0.05, 0) is 37.6 Å². The second-order valence-corrected chi connectivity index (χ2v) is 7.50. The summed E-state index contributed by atoms with van der Waals surface area (Å²) in [5.74, 6) is -0.731. The third-order valence-corrected chi connectivity index (χ3v) is 5.45. The molecule has 3 aromatic rings. The van der Waals surface area contributed by atoms with Crippen LogP contribution in [-0.4, -0.2) is 41.6 Å². The van der Waals surface area contributed by atoms with Gasteiger partial charge in [0.2, 0.25) is 6.79 Å². The highest BCUT2D eigenvalue weighted by atomic mass is 16.7. The van der Waals surface area contributed by atoms with Crippen molar-refractivity contribution in [2.45, 2.75) is 27.0 Å². The number of aromatic nitrogens is 1. The molecule has 2 aromatic carbocycles. The van der Waals surface area contributed by atoms with Gasteiger partial charge in [0.1, 0.15) is 0 Å². The van der Waals surface area contributed by atoms with E-state index in [1.807, 2.05) is 34.9 Å². The molecule has 0 radical (unpaired) electrons. The zero-order valence-electron chi connectivity index (χ0n) is 18.5. The van der Waals surface area contributed by atoms with Gasteiger partial charge in [-0.3, -0.25) is 0 Å². The molecule has 8 heteroatoms. The maximum absolute atomic E-state index is 12.6. The first-order valence-corrected chi connectivity index (χ1v) is 10.7. The molecule has 0 aliphatic carbocycles. The van der Waals surface area contributed by atoms with Gasteiger partial charge < -0.3 is 28.6 Å². The summed E-state index contributed by atoms with van der Waals surface area (Å²) in [6, 6.07) is 14.6. The fourth-order valence-electron chi connectivity index (χ4n) is 3.82. The van der Waals surface area contributed by atoms with Gasteiger partial charge >= 0.3 is 11.9 Å². The van der Waals surface area contributed by atoms with E-state index in [4.69, 9.17) is 18.9 Å². The molecule has 4 rings (SSSR count). The summed E-state index contributed by atoms with van der Waals surface area (Å²) in [6.45, 7) is 5.05. The van der Waals surface area contributed by atoms with Crippen LogP contribution in [0.2, 0.25) is 0 Å². The molecule has 0 fully saturated rings. The number of carboxylic acid groups (broad SMARTS) is 1. The van der Waals surface area contributed by atoms with E-state index >= 15 is 0 Å². The van der Waals surface area contributed by atoms with Crippen molar-refractivity contribution < 1.29 is 33.6 Å². The number of aromatic carboxylic acids is 1. The molecule has 0 atom stereocenters. The van der Waals surface area contributed by atoms with E-state index < -0.39 is 11.9 Å². The smallest absolute Gasteiger partial charge is 0.339 e. The highest BCUT2D eigenvalue weighted by Crippen LogP contribution is 2.40. The monoisotopic (exact) mass is 451 g/mol. The minimum absolute atomic E-state index is 0.0271. The van der Waals surface area contributed by atoms with E-state index in [9.17, 15) is 14.7 Å². The number of ether oxygens (including phenoxy) is 4. The molecule has 33 heavy (non-hydrogen) atoms. The number of nitrogens with zero attached hydrogens (tertiary/aromatic N) is 1. The van der Waals surface area contributed by atoms with E-state index in [0.29, 0.717) is 53.8 Å². The quantitative estimate of drug-likeness (QED) is 0.383. The summed E-state index contributed by atoms with van der Waals surface area (Å²) in [6.07, 6.45) is 0. The van der Waals surface area contributed by atoms with Crippen LogP contribution in [0.15, 0.2) is 48.5 Å². The first kappa shape index (κ1) is 22.4. The zero-order chi connectivity index (χ0) is 23.4. The summed E-state index contributed by atoms with van der Waals surface area (Å²) >= 11 is 0. The molecule has 0 bridgehead atoms. The van der Waals surface area contributed by atoms with Crippen molar-refractivity contribution in [3.05, 3.63) is 70.9 Å². The van der Waals surface area contributed by atoms with Gasteiger partial charge in [0.05, 0.1) is 36.6 Å². The Kier molecular flexibility index (Phi) is 6.65. The second kappa shape index (κ2) is 9.79. The molecule has 0 unspecified atom stereocenters. The lowest BCUT2D eigenvalue weighted by atomic mass is 10.0. The van der Waals surface area contributed by atoms with E-state index in [1.54, 1.807) is 26.0 Å². The molecular formula is C25H25NO7. The van der Waals surface area contributed by atoms with Crippen molar-refractivity contribution in [1.29, 1.82) is 0 Å². The number of carbonyl (C=O) groups is 2. The maximum atomic E-state index is 12.6. The van der Waals surface area contributed by atoms with Crippen LogP contribution < -0.4 is 9.47 Å². The van der Waals surface area contributed by atoms with Gasteiger partial charge in [0, 0.05) is 17.8 Å². The number of fused-ring (bicyclic) bond motifs is 1. The van der Waals surface area contributed by atoms with Crippen molar-refractivity contribution in [1.82, 2.24) is 4.57 Å². The predicted molar refractivity (Wildman–Crippen MR) is 120 cm³/mol. The molecule has 0 saturated carbocycles. The Bertz CT molecular complexity index is 1170. The van der Waals surface area contributed by atoms with Crippen molar-refractivity contribution in [3.63, 3.8) is 0 Å². The molecule has 0 spiro atoms. The molecule has 0 amide bonds. The summed E-state index contributed by atoms with van der Waals surface area (Å²) < 4.78 is 23.7. The normalized spacial score (nSPS) is 12.1. The topological polar surface area (TPSA) is 96.2 Å². The zero-order valence-corrected chi connectivity index (χ0v) is 18.5. The lowest BCUT2D eigenvalue weighted by Crippen LogP contribution is -2.12. The predicted octanol–water partition coefficient (Wildman–Crippen LogP) is 4.28. The van der Waals surface area contributed by atoms with Crippen LogP contribution in [0.25, 0.3) is 11.3 Å². The minimum atomic E-state index is -1.10. The molecule has 1 N–H and O–H groups in total. The third kappa shape index (κ3) is 4.70. The van der Waals surface area contributed by atoms with Gasteiger partial charge in [0.15, 0.2) is 11.5 Å². The summed E-state index contributed by atoms with van der Waals surface area (Å²) in [5.41, 5.74) is 3.14. The Morgan fingerprint density at radius 1 is 1.06 bits per heavy atom. The van der Waals surface area contributed by atoms with Crippen LogP contribution in [0.1, 0.15) is 38.9 Å². The Labute approximate surface area is 191 Å². The van der Waals surface area contributed by atoms with E-state index in [1.165, 1.54) is 6.07 Å². The van der Waals surface area contributed by atoms with Crippen LogP contribution in [0.5, 0.6) is 11.5 Å². The highest BCUT2D eigenvalue weighted by Gasteiger charge is 2.26. The first-order valence-electron chi connectivity index (χ1n) is 10.7. The number of carboxylic acids is 1. The van der Waals surface area contributed by atoms with Crippen LogP contribution >= 0.6 is 0 Å². The molecular weight excluding hydrogens is 426 g/mol. The van der Waals surface area contributed by atoms with E-state index in [0.717, 1.165) is 5.56 Å². The summed E-state index contributed by atoms with van der Waals surface area (Å²) in [5, 5.41) is 9.84. The molecule has 172 valence electrons. The third-order valence-electron chi connectivity index (χ3n) is 5.45. The average Bonchev–Trinajstić information content (AvgIpc) is 3.40. The number of benzene rings is 2.